The van der Waals surface area contributed by atoms with E-state index >= 15 is 0 Å². The van der Waals surface area contributed by atoms with E-state index in [1.165, 1.54) is 0 Å². The van der Waals surface area contributed by atoms with E-state index in [9.17, 15) is 9.90 Å². The Bertz CT molecular complexity index is 547. The van der Waals surface area contributed by atoms with Crippen LogP contribution in [0.5, 0.6) is 0 Å². The molecule has 2 aromatic rings. The molecule has 0 aromatic heterocycles. The maximum absolute atomic E-state index is 12.1. The number of ketones is 1. The highest BCUT2D eigenvalue weighted by molar-refractivity contribution is 9.10. The number of aliphatic hydroxyl groups excluding tert-OH is 1. The van der Waals surface area contributed by atoms with Gasteiger partial charge in [0.2, 0.25) is 0 Å². The molecule has 2 rings (SSSR count). The Kier molecular flexibility index (Phi) is 4.32. The predicted molar refractivity (Wildman–Crippen MR) is 77.6 cm³/mol. The van der Waals surface area contributed by atoms with Gasteiger partial charge in [-0.05, 0) is 29.8 Å². The summed E-state index contributed by atoms with van der Waals surface area (Å²) in [6, 6.07) is 14.0. The molecule has 1 N–H and O–H groups in total. The molecule has 18 heavy (non-hydrogen) atoms. The van der Waals surface area contributed by atoms with E-state index < -0.39 is 6.10 Å². The van der Waals surface area contributed by atoms with E-state index in [0.717, 1.165) is 8.95 Å². The number of Topliss-reactive ketones (excluding diaryl/α,β-unsaturated/α-hetero) is 1. The molecule has 0 aliphatic heterocycles. The third-order valence-corrected chi connectivity index (χ3v) is 3.62. The smallest absolute Gasteiger partial charge is 0.195 e. The molecule has 2 aromatic carbocycles. The van der Waals surface area contributed by atoms with Gasteiger partial charge in [-0.15, -0.1) is 0 Å². The first-order chi connectivity index (χ1) is 8.58. The number of aliphatic hydroxyl groups is 1. The molecule has 1 atom stereocenters. The summed E-state index contributed by atoms with van der Waals surface area (Å²) in [6.07, 6.45) is -1.13. The zero-order valence-electron chi connectivity index (χ0n) is 9.31. The summed E-state index contributed by atoms with van der Waals surface area (Å²) in [4.78, 5) is 12.1. The van der Waals surface area contributed by atoms with Crippen molar-refractivity contribution in [1.29, 1.82) is 0 Å². The molecule has 0 bridgehead atoms. The van der Waals surface area contributed by atoms with Gasteiger partial charge in [-0.1, -0.05) is 56.1 Å². The van der Waals surface area contributed by atoms with Gasteiger partial charge in [-0.3, -0.25) is 4.79 Å². The predicted octanol–water partition coefficient (Wildman–Crippen LogP) is 4.13. The fourth-order valence-electron chi connectivity index (χ4n) is 1.57. The minimum Gasteiger partial charge on any atom is -0.380 e. The van der Waals surface area contributed by atoms with Gasteiger partial charge in [-0.2, -0.15) is 0 Å². The molecule has 0 aliphatic rings. The first kappa shape index (κ1) is 13.5. The van der Waals surface area contributed by atoms with Crippen LogP contribution in [0.3, 0.4) is 0 Å². The van der Waals surface area contributed by atoms with Crippen molar-refractivity contribution in [1.82, 2.24) is 0 Å². The van der Waals surface area contributed by atoms with Crippen molar-refractivity contribution >= 4 is 37.6 Å². The van der Waals surface area contributed by atoms with E-state index in [4.69, 9.17) is 0 Å². The van der Waals surface area contributed by atoms with Crippen LogP contribution in [0.1, 0.15) is 22.0 Å². The van der Waals surface area contributed by atoms with Crippen LogP contribution < -0.4 is 0 Å². The summed E-state index contributed by atoms with van der Waals surface area (Å²) < 4.78 is 1.81. The lowest BCUT2D eigenvalue weighted by Gasteiger charge is -2.10. The Hall–Kier alpha value is -0.970. The summed E-state index contributed by atoms with van der Waals surface area (Å²) in [5.74, 6) is -0.301. The molecule has 0 amide bonds. The van der Waals surface area contributed by atoms with Gasteiger partial charge in [0, 0.05) is 14.5 Å². The van der Waals surface area contributed by atoms with Gasteiger partial charge in [0.05, 0.1) is 0 Å². The first-order valence-electron chi connectivity index (χ1n) is 5.31. The molecule has 0 unspecified atom stereocenters. The molecule has 0 spiro atoms. The van der Waals surface area contributed by atoms with Crippen LogP contribution in [0.15, 0.2) is 57.5 Å². The van der Waals surface area contributed by atoms with Crippen LogP contribution in [0.4, 0.5) is 0 Å². The highest BCUT2D eigenvalue weighted by atomic mass is 79.9. The molecular formula is C14H10Br2O2. The van der Waals surface area contributed by atoms with Crippen LogP contribution in [0, 0.1) is 0 Å². The largest absolute Gasteiger partial charge is 0.380 e. The van der Waals surface area contributed by atoms with Crippen molar-refractivity contribution in [3.8, 4) is 0 Å². The third kappa shape index (κ3) is 3.07. The van der Waals surface area contributed by atoms with Crippen LogP contribution in [-0.4, -0.2) is 10.9 Å². The molecule has 2 nitrogen and oxygen atoms in total. The van der Waals surface area contributed by atoms with Crippen molar-refractivity contribution < 1.29 is 9.90 Å². The molecule has 4 heteroatoms. The number of benzene rings is 2. The summed E-state index contributed by atoms with van der Waals surface area (Å²) in [7, 11) is 0. The number of rotatable bonds is 3. The second kappa shape index (κ2) is 5.78. The molecule has 0 saturated heterocycles. The third-order valence-electron chi connectivity index (χ3n) is 2.56. The molecule has 0 radical (unpaired) electrons. The topological polar surface area (TPSA) is 37.3 Å². The summed E-state index contributed by atoms with van der Waals surface area (Å²) in [5, 5.41) is 10.0. The van der Waals surface area contributed by atoms with E-state index in [1.54, 1.807) is 48.5 Å². The molecule has 92 valence electrons. The molecule has 0 aliphatic carbocycles. The fourth-order valence-corrected chi connectivity index (χ4v) is 2.10. The Morgan fingerprint density at radius 3 is 1.83 bits per heavy atom. The van der Waals surface area contributed by atoms with Crippen LogP contribution in [0.25, 0.3) is 0 Å². The van der Waals surface area contributed by atoms with E-state index in [1.807, 2.05) is 0 Å². The Balaban J connectivity index is 2.23. The second-order valence-electron chi connectivity index (χ2n) is 3.83. The number of hydrogen-bond donors (Lipinski definition) is 1. The molecule has 0 fully saturated rings. The average molecular weight is 370 g/mol. The van der Waals surface area contributed by atoms with Gasteiger partial charge < -0.3 is 5.11 Å². The van der Waals surface area contributed by atoms with Crippen molar-refractivity contribution in [2.45, 2.75) is 6.10 Å². The standard InChI is InChI=1S/C14H10Br2O2/c15-11-5-1-9(2-6-11)13(17)14(18)10-3-7-12(16)8-4-10/h1-8,13,17H/t13-/m0/s1. The van der Waals surface area contributed by atoms with Gasteiger partial charge in [0.1, 0.15) is 6.10 Å². The van der Waals surface area contributed by atoms with Crippen LogP contribution in [0.2, 0.25) is 0 Å². The van der Waals surface area contributed by atoms with E-state index in [-0.39, 0.29) is 5.78 Å². The normalized spacial score (nSPS) is 12.2. The van der Waals surface area contributed by atoms with Gasteiger partial charge in [-0.25, -0.2) is 0 Å². The fraction of sp³-hybridized carbons (Fsp3) is 0.0714. The zero-order valence-corrected chi connectivity index (χ0v) is 12.5. The molecule has 0 heterocycles. The summed E-state index contributed by atoms with van der Waals surface area (Å²) in [5.41, 5.74) is 1.08. The van der Waals surface area contributed by atoms with Gasteiger partial charge >= 0.3 is 0 Å². The van der Waals surface area contributed by atoms with Crippen LogP contribution in [-0.2, 0) is 0 Å². The van der Waals surface area contributed by atoms with Crippen molar-refractivity contribution in [2.75, 3.05) is 0 Å². The van der Waals surface area contributed by atoms with Crippen molar-refractivity contribution in [3.63, 3.8) is 0 Å². The first-order valence-corrected chi connectivity index (χ1v) is 6.90. The lowest BCUT2D eigenvalue weighted by molar-refractivity contribution is 0.0747. The average Bonchev–Trinajstić information content (AvgIpc) is 2.39. The Morgan fingerprint density at radius 2 is 1.33 bits per heavy atom. The SMILES string of the molecule is O=C(c1ccc(Br)cc1)[C@@H](O)c1ccc(Br)cc1. The minimum absolute atomic E-state index is 0.301. The van der Waals surface area contributed by atoms with Crippen LogP contribution >= 0.6 is 31.9 Å². The molecule has 0 saturated carbocycles. The maximum atomic E-state index is 12.1. The summed E-state index contributed by atoms with van der Waals surface area (Å²) >= 11 is 6.62. The van der Waals surface area contributed by atoms with Crippen molar-refractivity contribution in [3.05, 3.63) is 68.6 Å². The highest BCUT2D eigenvalue weighted by Crippen LogP contribution is 2.21. The maximum Gasteiger partial charge on any atom is 0.195 e. The van der Waals surface area contributed by atoms with Gasteiger partial charge in [0.15, 0.2) is 5.78 Å². The number of carbonyl (C=O) groups excluding carboxylic acids is 1. The molecular weight excluding hydrogens is 360 g/mol. The minimum atomic E-state index is -1.13. The quantitative estimate of drug-likeness (QED) is 0.826. The summed E-state index contributed by atoms with van der Waals surface area (Å²) in [6.45, 7) is 0. The number of carbonyl (C=O) groups is 1. The van der Waals surface area contributed by atoms with Crippen molar-refractivity contribution in [2.24, 2.45) is 0 Å². The van der Waals surface area contributed by atoms with E-state index in [2.05, 4.69) is 31.9 Å². The van der Waals surface area contributed by atoms with E-state index in [0.29, 0.717) is 11.1 Å². The highest BCUT2D eigenvalue weighted by Gasteiger charge is 2.18. The number of hydrogen-bond acceptors (Lipinski definition) is 2. The number of halogens is 2. The Morgan fingerprint density at radius 1 is 0.889 bits per heavy atom. The zero-order chi connectivity index (χ0) is 13.1. The Labute approximate surface area is 122 Å². The lowest BCUT2D eigenvalue weighted by Crippen LogP contribution is -2.12. The second-order valence-corrected chi connectivity index (χ2v) is 5.66. The van der Waals surface area contributed by atoms with Gasteiger partial charge in [0.25, 0.3) is 0 Å². The lowest BCUT2D eigenvalue weighted by atomic mass is 10.0. The monoisotopic (exact) mass is 368 g/mol.